The fourth-order valence-electron chi connectivity index (χ4n) is 2.29. The number of nitrogens with one attached hydrogen (secondary N) is 1. The van der Waals surface area contributed by atoms with Crippen LogP contribution in [0.1, 0.15) is 11.1 Å². The first-order chi connectivity index (χ1) is 13.5. The number of methoxy groups -OCH3 is 1. The van der Waals surface area contributed by atoms with Gasteiger partial charge in [0.1, 0.15) is 12.3 Å². The third-order valence-corrected chi connectivity index (χ3v) is 4.81. The molecular formula is C18H18F3N3O4S. The molecule has 0 aliphatic heterocycles. The van der Waals surface area contributed by atoms with Gasteiger partial charge in [-0.05, 0) is 42.0 Å². The van der Waals surface area contributed by atoms with Crippen molar-refractivity contribution in [3.63, 3.8) is 0 Å². The summed E-state index contributed by atoms with van der Waals surface area (Å²) in [4.78, 5) is 12.1. The molecule has 0 spiro atoms. The van der Waals surface area contributed by atoms with Gasteiger partial charge in [-0.2, -0.15) is 18.3 Å². The molecule has 0 saturated heterocycles. The lowest BCUT2D eigenvalue weighted by Gasteiger charge is -2.21. The smallest absolute Gasteiger partial charge is 0.416 e. The van der Waals surface area contributed by atoms with Gasteiger partial charge in [0, 0.05) is 0 Å². The highest BCUT2D eigenvalue weighted by Gasteiger charge is 2.30. The molecule has 0 radical (unpaired) electrons. The van der Waals surface area contributed by atoms with E-state index in [2.05, 4.69) is 10.5 Å². The van der Waals surface area contributed by atoms with Gasteiger partial charge in [0.2, 0.25) is 10.0 Å². The Balaban J connectivity index is 2.08. The summed E-state index contributed by atoms with van der Waals surface area (Å²) in [7, 11) is -2.32. The van der Waals surface area contributed by atoms with E-state index in [-0.39, 0.29) is 11.3 Å². The van der Waals surface area contributed by atoms with Crippen molar-refractivity contribution in [3.8, 4) is 5.75 Å². The minimum Gasteiger partial charge on any atom is -0.497 e. The summed E-state index contributed by atoms with van der Waals surface area (Å²) in [5.41, 5.74) is 1.61. The second-order valence-corrected chi connectivity index (χ2v) is 7.79. The van der Waals surface area contributed by atoms with Crippen molar-refractivity contribution in [2.24, 2.45) is 5.10 Å². The van der Waals surface area contributed by atoms with Gasteiger partial charge in [0.25, 0.3) is 5.91 Å². The van der Waals surface area contributed by atoms with E-state index in [0.717, 1.165) is 28.9 Å². The lowest BCUT2D eigenvalue weighted by atomic mass is 10.1. The first-order valence-corrected chi connectivity index (χ1v) is 9.96. The minimum atomic E-state index is -4.50. The molecule has 0 bridgehead atoms. The van der Waals surface area contributed by atoms with Crippen molar-refractivity contribution < 1.29 is 31.1 Å². The van der Waals surface area contributed by atoms with Crippen molar-refractivity contribution in [2.75, 3.05) is 24.2 Å². The van der Waals surface area contributed by atoms with Gasteiger partial charge in [0.05, 0.1) is 30.8 Å². The van der Waals surface area contributed by atoms with E-state index in [4.69, 9.17) is 4.74 Å². The van der Waals surface area contributed by atoms with Gasteiger partial charge in [-0.3, -0.25) is 9.10 Å². The zero-order chi connectivity index (χ0) is 21.7. The summed E-state index contributed by atoms with van der Waals surface area (Å²) in [6.07, 6.45) is -2.52. The molecule has 1 N–H and O–H groups in total. The van der Waals surface area contributed by atoms with E-state index in [1.54, 1.807) is 0 Å². The summed E-state index contributed by atoms with van der Waals surface area (Å²) in [5.74, 6) is -0.258. The summed E-state index contributed by atoms with van der Waals surface area (Å²) >= 11 is 0. The number of carbonyl (C=O) groups is 1. The van der Waals surface area contributed by atoms with Crippen molar-refractivity contribution in [2.45, 2.75) is 6.18 Å². The monoisotopic (exact) mass is 429 g/mol. The maximum Gasteiger partial charge on any atom is 0.416 e. The number of ether oxygens (including phenoxy) is 1. The van der Waals surface area contributed by atoms with Crippen LogP contribution in [0.25, 0.3) is 0 Å². The molecule has 0 aliphatic carbocycles. The molecule has 0 aliphatic rings. The third-order valence-electron chi connectivity index (χ3n) is 3.66. The van der Waals surface area contributed by atoms with Gasteiger partial charge in [-0.1, -0.05) is 12.1 Å². The molecule has 0 unspecified atom stereocenters. The lowest BCUT2D eigenvalue weighted by molar-refractivity contribution is -0.137. The third kappa shape index (κ3) is 6.49. The van der Waals surface area contributed by atoms with E-state index in [0.29, 0.717) is 5.75 Å². The fourth-order valence-corrected chi connectivity index (χ4v) is 3.14. The average Bonchev–Trinajstić information content (AvgIpc) is 2.65. The van der Waals surface area contributed by atoms with Crippen LogP contribution in [0.3, 0.4) is 0 Å². The number of halogens is 3. The number of anilines is 1. The Morgan fingerprint density at radius 2 is 1.86 bits per heavy atom. The second kappa shape index (κ2) is 8.95. The number of rotatable bonds is 7. The number of hydrogen-bond donors (Lipinski definition) is 1. The van der Waals surface area contributed by atoms with Gasteiger partial charge < -0.3 is 4.74 Å². The molecule has 0 heterocycles. The first kappa shape index (κ1) is 22.2. The summed E-state index contributed by atoms with van der Waals surface area (Å²) in [6, 6.07) is 10.4. The van der Waals surface area contributed by atoms with Crippen LogP contribution in [0.5, 0.6) is 5.75 Å². The van der Waals surface area contributed by atoms with Gasteiger partial charge >= 0.3 is 6.18 Å². The number of alkyl halides is 3. The minimum absolute atomic E-state index is 0.121. The van der Waals surface area contributed by atoms with Gasteiger partial charge in [-0.15, -0.1) is 0 Å². The zero-order valence-corrected chi connectivity index (χ0v) is 16.3. The van der Waals surface area contributed by atoms with Crippen LogP contribution in [-0.2, 0) is 21.0 Å². The second-order valence-electron chi connectivity index (χ2n) is 5.88. The van der Waals surface area contributed by atoms with Crippen LogP contribution < -0.4 is 14.5 Å². The molecule has 7 nitrogen and oxygen atoms in total. The summed E-state index contributed by atoms with van der Waals surface area (Å²) in [6.45, 7) is -0.564. The Morgan fingerprint density at radius 3 is 2.41 bits per heavy atom. The molecule has 0 fully saturated rings. The molecular weight excluding hydrogens is 411 g/mol. The number of hydrogen-bond acceptors (Lipinski definition) is 5. The van der Waals surface area contributed by atoms with Crippen molar-refractivity contribution >= 4 is 27.8 Å². The van der Waals surface area contributed by atoms with E-state index >= 15 is 0 Å². The van der Waals surface area contributed by atoms with E-state index in [1.165, 1.54) is 43.5 Å². The molecule has 2 rings (SSSR count). The van der Waals surface area contributed by atoms with E-state index in [9.17, 15) is 26.4 Å². The Kier molecular flexibility index (Phi) is 6.85. The Bertz CT molecular complexity index is 990. The van der Waals surface area contributed by atoms with Crippen LogP contribution in [0.2, 0.25) is 0 Å². The number of nitrogens with zero attached hydrogens (tertiary/aromatic N) is 2. The predicted octanol–water partition coefficient (Wildman–Crippen LogP) is 2.63. The predicted molar refractivity (Wildman–Crippen MR) is 102 cm³/mol. The highest BCUT2D eigenvalue weighted by molar-refractivity contribution is 7.92. The molecule has 1 amide bonds. The van der Waals surface area contributed by atoms with Crippen molar-refractivity contribution in [1.29, 1.82) is 0 Å². The van der Waals surface area contributed by atoms with Crippen LogP contribution in [0, 0.1) is 0 Å². The Labute approximate surface area is 165 Å². The Morgan fingerprint density at radius 1 is 1.21 bits per heavy atom. The fraction of sp³-hybridized carbons (Fsp3) is 0.222. The van der Waals surface area contributed by atoms with Crippen molar-refractivity contribution in [3.05, 3.63) is 59.7 Å². The van der Waals surface area contributed by atoms with E-state index < -0.39 is 34.2 Å². The van der Waals surface area contributed by atoms with Gasteiger partial charge in [-0.25, -0.2) is 13.8 Å². The lowest BCUT2D eigenvalue weighted by Crippen LogP contribution is -2.39. The van der Waals surface area contributed by atoms with Crippen LogP contribution in [-0.4, -0.2) is 40.4 Å². The number of amides is 1. The largest absolute Gasteiger partial charge is 0.497 e. The van der Waals surface area contributed by atoms with Gasteiger partial charge in [0.15, 0.2) is 0 Å². The topological polar surface area (TPSA) is 88.1 Å². The summed E-state index contributed by atoms with van der Waals surface area (Å²) < 4.78 is 68.0. The average molecular weight is 429 g/mol. The highest BCUT2D eigenvalue weighted by Crippen LogP contribution is 2.29. The van der Waals surface area contributed by atoms with Crippen molar-refractivity contribution in [1.82, 2.24) is 5.43 Å². The van der Waals surface area contributed by atoms with Crippen LogP contribution in [0.4, 0.5) is 18.9 Å². The SMILES string of the molecule is COc1ccc(N(CC(=O)N/N=C\c2cccc(C(F)(F)F)c2)S(C)(=O)=O)cc1. The zero-order valence-electron chi connectivity index (χ0n) is 15.5. The van der Waals surface area contributed by atoms with E-state index in [1.807, 2.05) is 0 Å². The molecule has 11 heteroatoms. The standard InChI is InChI=1S/C18H18F3N3O4S/c1-28-16-8-6-15(7-9-16)24(29(2,26)27)12-17(25)23-22-11-13-4-3-5-14(10-13)18(19,20)21/h3-11H,12H2,1-2H3,(H,23,25)/b22-11-. The molecule has 0 saturated carbocycles. The molecule has 0 aromatic heterocycles. The molecule has 0 atom stereocenters. The molecule has 2 aromatic carbocycles. The quantitative estimate of drug-likeness (QED) is 0.541. The number of sulfonamides is 1. The van der Waals surface area contributed by atoms with Crippen LogP contribution in [0.15, 0.2) is 53.6 Å². The number of hydrazone groups is 1. The summed E-state index contributed by atoms with van der Waals surface area (Å²) in [5, 5.41) is 3.59. The Hall–Kier alpha value is -3.08. The maximum absolute atomic E-state index is 12.7. The molecule has 29 heavy (non-hydrogen) atoms. The number of carbonyl (C=O) groups excluding carboxylic acids is 1. The maximum atomic E-state index is 12.7. The van der Waals surface area contributed by atoms with Crippen LogP contribution >= 0.6 is 0 Å². The highest BCUT2D eigenvalue weighted by atomic mass is 32.2. The molecule has 156 valence electrons. The molecule has 2 aromatic rings. The first-order valence-electron chi connectivity index (χ1n) is 8.11. The number of benzene rings is 2. The normalized spacial score (nSPS) is 12.0.